The SMILES string of the molecule is CNC(c1cc(C)c(Cl)s1)c1cccc2ccccc12. The average Bonchev–Trinajstić information content (AvgIpc) is 2.79. The highest BCUT2D eigenvalue weighted by molar-refractivity contribution is 7.16. The van der Waals surface area contributed by atoms with Gasteiger partial charge in [0.15, 0.2) is 0 Å². The number of fused-ring (bicyclic) bond motifs is 1. The average molecular weight is 302 g/mol. The standard InChI is InChI=1S/C17H16ClNS/c1-11-10-15(20-17(11)18)16(19-2)14-9-5-7-12-6-3-4-8-13(12)14/h3-10,16,19H,1-2H3. The Kier molecular flexibility index (Phi) is 3.79. The van der Waals surface area contributed by atoms with E-state index in [4.69, 9.17) is 11.6 Å². The van der Waals surface area contributed by atoms with Crippen LogP contribution in [0.15, 0.2) is 48.5 Å². The minimum absolute atomic E-state index is 0.178. The molecule has 0 aliphatic carbocycles. The van der Waals surface area contributed by atoms with Crippen LogP contribution in [0.5, 0.6) is 0 Å². The molecule has 3 aromatic rings. The third-order valence-electron chi connectivity index (χ3n) is 3.58. The monoisotopic (exact) mass is 301 g/mol. The Morgan fingerprint density at radius 1 is 1.10 bits per heavy atom. The van der Waals surface area contributed by atoms with Gasteiger partial charge in [0.25, 0.3) is 0 Å². The lowest BCUT2D eigenvalue weighted by atomic mass is 9.97. The second kappa shape index (κ2) is 5.57. The molecular formula is C17H16ClNS. The van der Waals surface area contributed by atoms with Crippen LogP contribution in [0.4, 0.5) is 0 Å². The van der Waals surface area contributed by atoms with Gasteiger partial charge in [0.1, 0.15) is 0 Å². The van der Waals surface area contributed by atoms with E-state index in [-0.39, 0.29) is 6.04 Å². The van der Waals surface area contributed by atoms with Crippen molar-refractivity contribution in [3.8, 4) is 0 Å². The van der Waals surface area contributed by atoms with Gasteiger partial charge < -0.3 is 5.32 Å². The molecule has 0 bridgehead atoms. The minimum Gasteiger partial charge on any atom is -0.309 e. The van der Waals surface area contributed by atoms with Crippen molar-refractivity contribution in [2.75, 3.05) is 7.05 Å². The van der Waals surface area contributed by atoms with Gasteiger partial charge in [-0.2, -0.15) is 0 Å². The number of nitrogens with one attached hydrogen (secondary N) is 1. The van der Waals surface area contributed by atoms with Crippen molar-refractivity contribution in [1.82, 2.24) is 5.32 Å². The first kappa shape index (κ1) is 13.6. The molecule has 3 rings (SSSR count). The minimum atomic E-state index is 0.178. The van der Waals surface area contributed by atoms with Crippen LogP contribution < -0.4 is 5.32 Å². The Balaban J connectivity index is 2.16. The molecule has 0 fully saturated rings. The highest BCUT2D eigenvalue weighted by atomic mass is 35.5. The Morgan fingerprint density at radius 2 is 1.85 bits per heavy atom. The summed E-state index contributed by atoms with van der Waals surface area (Å²) in [5, 5.41) is 5.98. The van der Waals surface area contributed by atoms with Gasteiger partial charge in [-0.15, -0.1) is 11.3 Å². The van der Waals surface area contributed by atoms with E-state index in [1.165, 1.54) is 21.2 Å². The van der Waals surface area contributed by atoms with Gasteiger partial charge in [0, 0.05) is 4.88 Å². The Labute approximate surface area is 128 Å². The van der Waals surface area contributed by atoms with Crippen LogP contribution in [0.3, 0.4) is 0 Å². The van der Waals surface area contributed by atoms with Gasteiger partial charge in [0.2, 0.25) is 0 Å². The maximum atomic E-state index is 6.23. The van der Waals surface area contributed by atoms with Crippen molar-refractivity contribution in [1.29, 1.82) is 0 Å². The number of thiophene rings is 1. The zero-order valence-electron chi connectivity index (χ0n) is 11.5. The van der Waals surface area contributed by atoms with Crippen LogP contribution in [0.2, 0.25) is 4.34 Å². The normalized spacial score (nSPS) is 12.8. The molecule has 2 aromatic carbocycles. The summed E-state index contributed by atoms with van der Waals surface area (Å²) in [5.74, 6) is 0. The summed E-state index contributed by atoms with van der Waals surface area (Å²) in [5.41, 5.74) is 2.44. The van der Waals surface area contributed by atoms with Crippen LogP contribution in [0.1, 0.15) is 22.0 Å². The molecule has 0 amide bonds. The predicted octanol–water partition coefficient (Wildman–Crippen LogP) is 5.17. The van der Waals surface area contributed by atoms with Gasteiger partial charge in [-0.25, -0.2) is 0 Å². The summed E-state index contributed by atoms with van der Waals surface area (Å²) in [4.78, 5) is 1.26. The van der Waals surface area contributed by atoms with E-state index in [0.29, 0.717) is 0 Å². The van der Waals surface area contributed by atoms with Crippen LogP contribution in [0.25, 0.3) is 10.8 Å². The van der Waals surface area contributed by atoms with Crippen LogP contribution in [0, 0.1) is 6.92 Å². The van der Waals surface area contributed by atoms with Gasteiger partial charge in [-0.05, 0) is 41.9 Å². The molecule has 1 nitrogen and oxygen atoms in total. The fourth-order valence-electron chi connectivity index (χ4n) is 2.58. The lowest BCUT2D eigenvalue weighted by Gasteiger charge is -2.17. The van der Waals surface area contributed by atoms with E-state index in [9.17, 15) is 0 Å². The van der Waals surface area contributed by atoms with Gasteiger partial charge in [-0.1, -0.05) is 54.1 Å². The number of hydrogen-bond donors (Lipinski definition) is 1. The molecule has 1 aromatic heterocycles. The highest BCUT2D eigenvalue weighted by Gasteiger charge is 2.17. The predicted molar refractivity (Wildman–Crippen MR) is 88.9 cm³/mol. The number of halogens is 1. The molecule has 20 heavy (non-hydrogen) atoms. The number of hydrogen-bond acceptors (Lipinski definition) is 2. The molecule has 102 valence electrons. The summed E-state index contributed by atoms with van der Waals surface area (Å²) < 4.78 is 0.875. The van der Waals surface area contributed by atoms with Crippen LogP contribution in [-0.2, 0) is 0 Å². The number of aryl methyl sites for hydroxylation is 1. The molecule has 0 radical (unpaired) electrons. The van der Waals surface area contributed by atoms with Crippen molar-refractivity contribution >= 4 is 33.7 Å². The fourth-order valence-corrected chi connectivity index (χ4v) is 3.93. The fraction of sp³-hybridized carbons (Fsp3) is 0.176. The van der Waals surface area contributed by atoms with Crippen molar-refractivity contribution in [3.05, 3.63) is 68.9 Å². The molecule has 0 saturated carbocycles. The van der Waals surface area contributed by atoms with Crippen molar-refractivity contribution in [3.63, 3.8) is 0 Å². The zero-order valence-corrected chi connectivity index (χ0v) is 13.1. The lowest BCUT2D eigenvalue weighted by molar-refractivity contribution is 0.709. The third-order valence-corrected chi connectivity index (χ3v) is 5.20. The Morgan fingerprint density at radius 3 is 2.55 bits per heavy atom. The lowest BCUT2D eigenvalue weighted by Crippen LogP contribution is -2.16. The van der Waals surface area contributed by atoms with Crippen LogP contribution >= 0.6 is 22.9 Å². The first-order valence-electron chi connectivity index (χ1n) is 6.61. The molecule has 1 N–H and O–H groups in total. The maximum absolute atomic E-state index is 6.23. The molecule has 0 aliphatic heterocycles. The quantitative estimate of drug-likeness (QED) is 0.703. The largest absolute Gasteiger partial charge is 0.309 e. The molecule has 1 atom stereocenters. The maximum Gasteiger partial charge on any atom is 0.0961 e. The highest BCUT2D eigenvalue weighted by Crippen LogP contribution is 2.36. The Hall–Kier alpha value is -1.35. The summed E-state index contributed by atoms with van der Waals surface area (Å²) in [7, 11) is 2.00. The molecule has 3 heteroatoms. The van der Waals surface area contributed by atoms with E-state index in [1.54, 1.807) is 11.3 Å². The first-order valence-corrected chi connectivity index (χ1v) is 7.81. The second-order valence-electron chi connectivity index (χ2n) is 4.90. The molecule has 1 heterocycles. The summed E-state index contributed by atoms with van der Waals surface area (Å²) in [6, 6.07) is 17.3. The summed E-state index contributed by atoms with van der Waals surface area (Å²) >= 11 is 7.88. The van der Waals surface area contributed by atoms with Gasteiger partial charge >= 0.3 is 0 Å². The molecule has 1 unspecified atom stereocenters. The summed E-state index contributed by atoms with van der Waals surface area (Å²) in [6.45, 7) is 2.05. The van der Waals surface area contributed by atoms with Crippen molar-refractivity contribution in [2.24, 2.45) is 0 Å². The van der Waals surface area contributed by atoms with Crippen LogP contribution in [-0.4, -0.2) is 7.05 Å². The second-order valence-corrected chi connectivity index (χ2v) is 6.58. The number of rotatable bonds is 3. The molecular weight excluding hydrogens is 286 g/mol. The van der Waals surface area contributed by atoms with Gasteiger partial charge in [0.05, 0.1) is 10.4 Å². The smallest absolute Gasteiger partial charge is 0.0961 e. The van der Waals surface area contributed by atoms with Crippen molar-refractivity contribution in [2.45, 2.75) is 13.0 Å². The van der Waals surface area contributed by atoms with E-state index in [0.717, 1.165) is 9.90 Å². The number of benzene rings is 2. The zero-order chi connectivity index (χ0) is 14.1. The van der Waals surface area contributed by atoms with Crippen molar-refractivity contribution < 1.29 is 0 Å². The van der Waals surface area contributed by atoms with E-state index < -0.39 is 0 Å². The van der Waals surface area contributed by atoms with E-state index in [1.807, 2.05) is 7.05 Å². The Bertz CT molecular complexity index is 723. The molecule has 0 aliphatic rings. The topological polar surface area (TPSA) is 12.0 Å². The third kappa shape index (κ3) is 2.35. The van der Waals surface area contributed by atoms with Gasteiger partial charge in [-0.3, -0.25) is 0 Å². The first-order chi connectivity index (χ1) is 9.70. The summed E-state index contributed by atoms with van der Waals surface area (Å²) in [6.07, 6.45) is 0. The molecule has 0 saturated heterocycles. The van der Waals surface area contributed by atoms with E-state index >= 15 is 0 Å². The van der Waals surface area contributed by atoms with E-state index in [2.05, 4.69) is 60.8 Å². The molecule has 0 spiro atoms.